The Morgan fingerprint density at radius 3 is 2.83 bits per heavy atom. The Balaban J connectivity index is 1.72. The highest BCUT2D eigenvalue weighted by atomic mass is 16.3. The third-order valence-corrected chi connectivity index (χ3v) is 4.48. The van der Waals surface area contributed by atoms with Crippen molar-refractivity contribution in [2.24, 2.45) is 18.7 Å². The molecule has 0 aliphatic carbocycles. The average molecular weight is 413 g/mol. The van der Waals surface area contributed by atoms with Crippen LogP contribution in [0.3, 0.4) is 0 Å². The molecule has 2 amide bonds. The highest BCUT2D eigenvalue weighted by Gasteiger charge is 2.19. The van der Waals surface area contributed by atoms with E-state index in [4.69, 9.17) is 10.2 Å². The normalized spacial score (nSPS) is 12.9. The third kappa shape index (κ3) is 4.81. The van der Waals surface area contributed by atoms with E-state index in [9.17, 15) is 14.7 Å². The number of carbonyl (C=O) groups is 2. The van der Waals surface area contributed by atoms with Crippen LogP contribution < -0.4 is 16.4 Å². The lowest BCUT2D eigenvalue weighted by Crippen LogP contribution is -2.22. The number of carbonyl (C=O) groups excluding carboxylic acids is 2. The number of aromatic nitrogens is 4. The maximum Gasteiger partial charge on any atom is 0.277 e. The van der Waals surface area contributed by atoms with Gasteiger partial charge in [0.1, 0.15) is 12.1 Å². The smallest absolute Gasteiger partial charge is 0.277 e. The second kappa shape index (κ2) is 8.74. The van der Waals surface area contributed by atoms with Gasteiger partial charge in [-0.05, 0) is 25.0 Å². The van der Waals surface area contributed by atoms with Crippen LogP contribution in [0.5, 0.6) is 0 Å². The minimum atomic E-state index is -0.756. The number of amides is 2. The van der Waals surface area contributed by atoms with Crippen LogP contribution in [0.15, 0.2) is 35.2 Å². The number of rotatable bonds is 8. The Kier molecular flexibility index (Phi) is 6.11. The molecular formula is C19H23N7O4. The van der Waals surface area contributed by atoms with Crippen LogP contribution in [0.25, 0.3) is 11.5 Å². The molecule has 11 nitrogen and oxygen atoms in total. The van der Waals surface area contributed by atoms with Gasteiger partial charge in [-0.1, -0.05) is 6.92 Å². The molecule has 30 heavy (non-hydrogen) atoms. The van der Waals surface area contributed by atoms with Crippen molar-refractivity contribution in [3.8, 4) is 11.5 Å². The van der Waals surface area contributed by atoms with Crippen molar-refractivity contribution in [2.45, 2.75) is 20.0 Å². The van der Waals surface area contributed by atoms with Crippen molar-refractivity contribution in [1.29, 1.82) is 0 Å². The SMILES string of the molecule is CC(O)C(C)CNc1cc(-c2nc(C(=O)Nc3cn(C)nc3C(N)=O)co2)ccn1. The maximum atomic E-state index is 12.5. The summed E-state index contributed by atoms with van der Waals surface area (Å²) in [5, 5.41) is 19.2. The summed E-state index contributed by atoms with van der Waals surface area (Å²) in [7, 11) is 1.60. The lowest BCUT2D eigenvalue weighted by molar-refractivity contribution is 0.0995. The molecule has 0 saturated carbocycles. The van der Waals surface area contributed by atoms with Crippen LogP contribution in [-0.2, 0) is 7.05 Å². The molecule has 0 aromatic carbocycles. The topological polar surface area (TPSA) is 161 Å². The molecular weight excluding hydrogens is 390 g/mol. The molecule has 3 rings (SSSR count). The zero-order chi connectivity index (χ0) is 21.8. The van der Waals surface area contributed by atoms with Crippen molar-refractivity contribution in [1.82, 2.24) is 19.7 Å². The number of hydrogen-bond acceptors (Lipinski definition) is 8. The minimum absolute atomic E-state index is 0.0262. The standard InChI is InChI=1S/C19H23N7O4/c1-10(11(2)27)7-22-15-6-12(4-5-21-15)19-24-14(9-30-19)18(29)23-13-8-26(3)25-16(13)17(20)28/h4-6,8-11,27H,7H2,1-3H3,(H2,20,28)(H,21,22)(H,23,29). The van der Waals surface area contributed by atoms with Crippen molar-refractivity contribution < 1.29 is 19.1 Å². The van der Waals surface area contributed by atoms with Crippen LogP contribution in [-0.4, -0.2) is 49.3 Å². The summed E-state index contributed by atoms with van der Waals surface area (Å²) in [6.07, 6.45) is 3.83. The van der Waals surface area contributed by atoms with Gasteiger partial charge in [0.05, 0.1) is 11.8 Å². The van der Waals surface area contributed by atoms with E-state index < -0.39 is 17.9 Å². The summed E-state index contributed by atoms with van der Waals surface area (Å²) in [6, 6.07) is 3.43. The number of nitrogens with zero attached hydrogens (tertiary/aromatic N) is 4. The van der Waals surface area contributed by atoms with Crippen LogP contribution in [0, 0.1) is 5.92 Å². The number of aliphatic hydroxyl groups excluding tert-OH is 1. The molecule has 158 valence electrons. The molecule has 0 spiro atoms. The number of aliphatic hydroxyl groups is 1. The molecule has 0 radical (unpaired) electrons. The number of anilines is 2. The van der Waals surface area contributed by atoms with E-state index in [0.717, 1.165) is 0 Å². The Morgan fingerprint density at radius 1 is 1.37 bits per heavy atom. The molecule has 2 unspecified atom stereocenters. The number of aryl methyl sites for hydroxylation is 1. The Labute approximate surface area is 172 Å². The second-order valence-corrected chi connectivity index (χ2v) is 6.95. The zero-order valence-corrected chi connectivity index (χ0v) is 16.8. The van der Waals surface area contributed by atoms with Crippen LogP contribution >= 0.6 is 0 Å². The summed E-state index contributed by atoms with van der Waals surface area (Å²) in [5.74, 6) is -0.460. The number of hydrogen-bond donors (Lipinski definition) is 4. The lowest BCUT2D eigenvalue weighted by Gasteiger charge is -2.15. The van der Waals surface area contributed by atoms with Gasteiger partial charge in [0, 0.05) is 31.5 Å². The molecule has 3 heterocycles. The molecule has 0 saturated heterocycles. The Morgan fingerprint density at radius 2 is 2.13 bits per heavy atom. The van der Waals surface area contributed by atoms with Gasteiger partial charge in [-0.25, -0.2) is 9.97 Å². The highest BCUT2D eigenvalue weighted by molar-refractivity contribution is 6.07. The van der Waals surface area contributed by atoms with Crippen LogP contribution in [0.4, 0.5) is 11.5 Å². The summed E-state index contributed by atoms with van der Waals surface area (Å²) in [6.45, 7) is 4.19. The van der Waals surface area contributed by atoms with Gasteiger partial charge in [-0.15, -0.1) is 0 Å². The van der Waals surface area contributed by atoms with E-state index in [2.05, 4.69) is 25.7 Å². The van der Waals surface area contributed by atoms with E-state index in [1.54, 1.807) is 32.3 Å². The maximum absolute atomic E-state index is 12.5. The molecule has 3 aromatic rings. The molecule has 5 N–H and O–H groups in total. The van der Waals surface area contributed by atoms with Gasteiger partial charge < -0.3 is 25.9 Å². The zero-order valence-electron chi connectivity index (χ0n) is 16.8. The number of nitrogens with two attached hydrogens (primary N) is 1. The lowest BCUT2D eigenvalue weighted by atomic mass is 10.1. The Bertz CT molecular complexity index is 1060. The van der Waals surface area contributed by atoms with Crippen molar-refractivity contribution in [2.75, 3.05) is 17.2 Å². The molecule has 0 aliphatic rings. The second-order valence-electron chi connectivity index (χ2n) is 6.95. The van der Waals surface area contributed by atoms with E-state index >= 15 is 0 Å². The number of oxazole rings is 1. The van der Waals surface area contributed by atoms with Gasteiger partial charge in [0.25, 0.3) is 11.8 Å². The van der Waals surface area contributed by atoms with Crippen molar-refractivity contribution >= 4 is 23.3 Å². The van der Waals surface area contributed by atoms with Gasteiger partial charge in [-0.2, -0.15) is 5.10 Å². The number of primary amides is 1. The monoisotopic (exact) mass is 413 g/mol. The summed E-state index contributed by atoms with van der Waals surface area (Å²) in [4.78, 5) is 32.4. The van der Waals surface area contributed by atoms with E-state index in [0.29, 0.717) is 17.9 Å². The van der Waals surface area contributed by atoms with Gasteiger partial charge >= 0.3 is 0 Å². The number of pyridine rings is 1. The van der Waals surface area contributed by atoms with Crippen molar-refractivity contribution in [3.63, 3.8) is 0 Å². The fourth-order valence-electron chi connectivity index (χ4n) is 2.56. The molecule has 0 fully saturated rings. The minimum Gasteiger partial charge on any atom is -0.444 e. The molecule has 0 aliphatic heterocycles. The fraction of sp³-hybridized carbons (Fsp3) is 0.316. The third-order valence-electron chi connectivity index (χ3n) is 4.48. The first kappa shape index (κ1) is 21.0. The fourth-order valence-corrected chi connectivity index (χ4v) is 2.56. The summed E-state index contributed by atoms with van der Waals surface area (Å²) >= 11 is 0. The molecule has 0 bridgehead atoms. The molecule has 2 atom stereocenters. The molecule has 11 heteroatoms. The van der Waals surface area contributed by atoms with Gasteiger partial charge in [0.15, 0.2) is 11.4 Å². The predicted octanol–water partition coefficient (Wildman–Crippen LogP) is 1.25. The highest BCUT2D eigenvalue weighted by Crippen LogP contribution is 2.22. The van der Waals surface area contributed by atoms with Crippen LogP contribution in [0.1, 0.15) is 34.8 Å². The summed E-state index contributed by atoms with van der Waals surface area (Å²) < 4.78 is 6.80. The van der Waals surface area contributed by atoms with Crippen molar-refractivity contribution in [3.05, 3.63) is 42.2 Å². The largest absolute Gasteiger partial charge is 0.444 e. The Hall–Kier alpha value is -3.73. The summed E-state index contributed by atoms with van der Waals surface area (Å²) in [5.41, 5.74) is 6.05. The number of nitrogens with one attached hydrogen (secondary N) is 2. The van der Waals surface area contributed by atoms with E-state index in [1.807, 2.05) is 6.92 Å². The van der Waals surface area contributed by atoms with Gasteiger partial charge in [0.2, 0.25) is 5.89 Å². The van der Waals surface area contributed by atoms with Gasteiger partial charge in [-0.3, -0.25) is 14.3 Å². The first-order chi connectivity index (χ1) is 14.2. The quantitative estimate of drug-likeness (QED) is 0.429. The van der Waals surface area contributed by atoms with E-state index in [-0.39, 0.29) is 28.9 Å². The average Bonchev–Trinajstić information content (AvgIpc) is 3.33. The first-order valence-corrected chi connectivity index (χ1v) is 9.23. The van der Waals surface area contributed by atoms with Crippen LogP contribution in [0.2, 0.25) is 0 Å². The first-order valence-electron chi connectivity index (χ1n) is 9.23. The predicted molar refractivity (Wildman–Crippen MR) is 109 cm³/mol. The molecule has 3 aromatic heterocycles. The van der Waals surface area contributed by atoms with E-state index in [1.165, 1.54) is 17.1 Å².